The van der Waals surface area contributed by atoms with Gasteiger partial charge < -0.3 is 5.32 Å². The number of aromatic nitrogens is 2. The minimum absolute atomic E-state index is 0.0248. The molecule has 2 aromatic heterocycles. The van der Waals surface area contributed by atoms with E-state index >= 15 is 0 Å². The Labute approximate surface area is 149 Å². The molecule has 25 heavy (non-hydrogen) atoms. The monoisotopic (exact) mass is 381 g/mol. The summed E-state index contributed by atoms with van der Waals surface area (Å²) in [7, 11) is -3.05. The van der Waals surface area contributed by atoms with Gasteiger partial charge in [0.25, 0.3) is 5.56 Å². The van der Waals surface area contributed by atoms with Crippen molar-refractivity contribution in [2.24, 2.45) is 0 Å². The molecule has 7 nitrogen and oxygen atoms in total. The lowest BCUT2D eigenvalue weighted by Gasteiger charge is -2.12. The number of fused-ring (bicyclic) bond motifs is 3. The van der Waals surface area contributed by atoms with E-state index < -0.39 is 9.84 Å². The van der Waals surface area contributed by atoms with Gasteiger partial charge in [0.05, 0.1) is 23.2 Å². The van der Waals surface area contributed by atoms with Gasteiger partial charge in [0, 0.05) is 10.9 Å². The average Bonchev–Trinajstić information content (AvgIpc) is 3.10. The van der Waals surface area contributed by atoms with Crippen LogP contribution in [0.3, 0.4) is 0 Å². The zero-order valence-electron chi connectivity index (χ0n) is 13.7. The first kappa shape index (κ1) is 16.7. The molecule has 3 heterocycles. The smallest absolute Gasteiger partial charge is 0.262 e. The Morgan fingerprint density at radius 3 is 2.92 bits per heavy atom. The molecule has 1 fully saturated rings. The van der Waals surface area contributed by atoms with Crippen molar-refractivity contribution in [1.29, 1.82) is 0 Å². The first-order chi connectivity index (χ1) is 11.9. The quantitative estimate of drug-likeness (QED) is 0.841. The molecule has 1 amide bonds. The molecule has 1 saturated heterocycles. The number of hydrogen-bond acceptors (Lipinski definition) is 6. The van der Waals surface area contributed by atoms with E-state index in [1.807, 2.05) is 0 Å². The van der Waals surface area contributed by atoms with Crippen LogP contribution in [0.15, 0.2) is 11.1 Å². The van der Waals surface area contributed by atoms with Gasteiger partial charge in [-0.15, -0.1) is 11.3 Å². The van der Waals surface area contributed by atoms with Crippen LogP contribution in [0.1, 0.15) is 29.7 Å². The van der Waals surface area contributed by atoms with Crippen LogP contribution in [0.4, 0.5) is 0 Å². The van der Waals surface area contributed by atoms with Crippen molar-refractivity contribution >= 4 is 37.3 Å². The molecule has 1 atom stereocenters. The Hall–Kier alpha value is -1.74. The van der Waals surface area contributed by atoms with E-state index in [1.165, 1.54) is 15.8 Å². The Morgan fingerprint density at radius 1 is 1.36 bits per heavy atom. The fourth-order valence-corrected chi connectivity index (χ4v) is 6.52. The number of nitrogens with one attached hydrogen (secondary N) is 1. The Kier molecular flexibility index (Phi) is 4.15. The van der Waals surface area contributed by atoms with E-state index in [9.17, 15) is 18.0 Å². The molecule has 134 valence electrons. The van der Waals surface area contributed by atoms with Gasteiger partial charge in [-0.3, -0.25) is 14.2 Å². The Balaban J connectivity index is 1.56. The van der Waals surface area contributed by atoms with E-state index in [4.69, 9.17) is 0 Å². The average molecular weight is 381 g/mol. The molecule has 0 spiro atoms. The van der Waals surface area contributed by atoms with Gasteiger partial charge in [-0.2, -0.15) is 0 Å². The number of amides is 1. The zero-order chi connectivity index (χ0) is 17.6. The molecule has 0 bridgehead atoms. The van der Waals surface area contributed by atoms with Crippen molar-refractivity contribution in [1.82, 2.24) is 14.9 Å². The van der Waals surface area contributed by atoms with Crippen molar-refractivity contribution in [3.05, 3.63) is 27.1 Å². The number of aryl methyl sites for hydroxylation is 2. The minimum Gasteiger partial charge on any atom is -0.351 e. The van der Waals surface area contributed by atoms with Crippen LogP contribution in [0, 0.1) is 0 Å². The maximum Gasteiger partial charge on any atom is 0.262 e. The standard InChI is InChI=1S/C16H19N3O4S2/c20-13(18-10-5-6-25(22,23)8-10)7-19-9-17-15-14(16(19)21)11-3-1-2-4-12(11)24-15/h9-10H,1-8H2,(H,18,20)/t10-/m0/s1. The van der Waals surface area contributed by atoms with Crippen LogP contribution >= 0.6 is 11.3 Å². The number of nitrogens with zero attached hydrogens (tertiary/aromatic N) is 2. The van der Waals surface area contributed by atoms with E-state index in [2.05, 4.69) is 10.3 Å². The summed E-state index contributed by atoms with van der Waals surface area (Å²) in [6.45, 7) is -0.136. The third-order valence-corrected chi connectivity index (χ3v) is 7.82. The molecule has 1 N–H and O–H groups in total. The normalized spacial score (nSPS) is 22.0. The highest BCUT2D eigenvalue weighted by molar-refractivity contribution is 7.91. The molecule has 0 unspecified atom stereocenters. The fourth-order valence-electron chi connectivity index (χ4n) is 3.63. The molecular weight excluding hydrogens is 362 g/mol. The second-order valence-electron chi connectivity index (χ2n) is 6.74. The SMILES string of the molecule is O=C(Cn1cnc2sc3c(c2c1=O)CCCC3)N[C@H]1CCS(=O)(=O)C1. The van der Waals surface area contributed by atoms with E-state index in [-0.39, 0.29) is 35.6 Å². The summed E-state index contributed by atoms with van der Waals surface area (Å²) in [5.41, 5.74) is 0.916. The summed E-state index contributed by atoms with van der Waals surface area (Å²) in [6, 6.07) is -0.362. The molecule has 0 radical (unpaired) electrons. The molecule has 2 aromatic rings. The highest BCUT2D eigenvalue weighted by Gasteiger charge is 2.29. The molecule has 1 aliphatic heterocycles. The van der Waals surface area contributed by atoms with Crippen molar-refractivity contribution in [3.8, 4) is 0 Å². The first-order valence-corrected chi connectivity index (χ1v) is 11.1. The van der Waals surface area contributed by atoms with Crippen LogP contribution in [-0.4, -0.2) is 41.4 Å². The van der Waals surface area contributed by atoms with Crippen LogP contribution in [0.5, 0.6) is 0 Å². The summed E-state index contributed by atoms with van der Waals surface area (Å²) in [4.78, 5) is 31.3. The van der Waals surface area contributed by atoms with Crippen molar-refractivity contribution in [2.75, 3.05) is 11.5 Å². The number of carbonyl (C=O) groups excluding carboxylic acids is 1. The zero-order valence-corrected chi connectivity index (χ0v) is 15.3. The van der Waals surface area contributed by atoms with Gasteiger partial charge in [0.2, 0.25) is 5.91 Å². The van der Waals surface area contributed by atoms with Crippen LogP contribution in [-0.2, 0) is 34.0 Å². The van der Waals surface area contributed by atoms with Gasteiger partial charge >= 0.3 is 0 Å². The number of thiophene rings is 1. The highest BCUT2D eigenvalue weighted by atomic mass is 32.2. The number of sulfone groups is 1. The van der Waals surface area contributed by atoms with Gasteiger partial charge in [-0.05, 0) is 37.7 Å². The minimum atomic E-state index is -3.05. The van der Waals surface area contributed by atoms with Crippen LogP contribution < -0.4 is 10.9 Å². The van der Waals surface area contributed by atoms with Crippen molar-refractivity contribution < 1.29 is 13.2 Å². The Bertz CT molecular complexity index is 1010. The first-order valence-electron chi connectivity index (χ1n) is 8.42. The highest BCUT2D eigenvalue weighted by Crippen LogP contribution is 2.33. The van der Waals surface area contributed by atoms with Gasteiger partial charge in [-0.1, -0.05) is 0 Å². The molecule has 2 aliphatic rings. The number of carbonyl (C=O) groups is 1. The lowest BCUT2D eigenvalue weighted by molar-refractivity contribution is -0.122. The second-order valence-corrected chi connectivity index (χ2v) is 10.0. The topological polar surface area (TPSA) is 98.1 Å². The van der Waals surface area contributed by atoms with E-state index in [0.717, 1.165) is 36.1 Å². The van der Waals surface area contributed by atoms with Crippen molar-refractivity contribution in [2.45, 2.75) is 44.7 Å². The summed E-state index contributed by atoms with van der Waals surface area (Å²) >= 11 is 1.58. The predicted molar refractivity (Wildman–Crippen MR) is 95.7 cm³/mol. The third kappa shape index (κ3) is 3.22. The van der Waals surface area contributed by atoms with Crippen LogP contribution in [0.25, 0.3) is 10.2 Å². The predicted octanol–water partition coefficient (Wildman–Crippen LogP) is 0.640. The molecule has 0 aromatic carbocycles. The fraction of sp³-hybridized carbons (Fsp3) is 0.562. The number of hydrogen-bond donors (Lipinski definition) is 1. The third-order valence-electron chi connectivity index (χ3n) is 4.85. The van der Waals surface area contributed by atoms with Crippen molar-refractivity contribution in [3.63, 3.8) is 0 Å². The number of rotatable bonds is 3. The summed E-state index contributed by atoms with van der Waals surface area (Å²) in [6.07, 6.45) is 5.94. The molecule has 1 aliphatic carbocycles. The lowest BCUT2D eigenvalue weighted by atomic mass is 9.97. The summed E-state index contributed by atoms with van der Waals surface area (Å²) in [5, 5.41) is 3.36. The second kappa shape index (κ2) is 6.21. The molecule has 4 rings (SSSR count). The van der Waals surface area contributed by atoms with Gasteiger partial charge in [-0.25, -0.2) is 13.4 Å². The Morgan fingerprint density at radius 2 is 2.16 bits per heavy atom. The summed E-state index contributed by atoms with van der Waals surface area (Å²) in [5.74, 6) is -0.274. The summed E-state index contributed by atoms with van der Waals surface area (Å²) < 4.78 is 24.3. The molecular formula is C16H19N3O4S2. The van der Waals surface area contributed by atoms with E-state index in [1.54, 1.807) is 11.3 Å². The van der Waals surface area contributed by atoms with Gasteiger partial charge in [0.1, 0.15) is 11.4 Å². The van der Waals surface area contributed by atoms with Crippen LogP contribution in [0.2, 0.25) is 0 Å². The van der Waals surface area contributed by atoms with Gasteiger partial charge in [0.15, 0.2) is 9.84 Å². The molecule has 0 saturated carbocycles. The molecule has 9 heteroatoms. The maximum atomic E-state index is 12.8. The maximum absolute atomic E-state index is 12.8. The van der Waals surface area contributed by atoms with E-state index in [0.29, 0.717) is 11.8 Å². The largest absolute Gasteiger partial charge is 0.351 e. The lowest BCUT2D eigenvalue weighted by Crippen LogP contribution is -2.39.